The van der Waals surface area contributed by atoms with E-state index in [1.165, 1.54) is 15.5 Å². The molecule has 11 nitrogen and oxygen atoms in total. The van der Waals surface area contributed by atoms with Gasteiger partial charge in [0.15, 0.2) is 0 Å². The summed E-state index contributed by atoms with van der Waals surface area (Å²) in [6, 6.07) is 18.8. The van der Waals surface area contributed by atoms with E-state index in [9.17, 15) is 14.4 Å². The number of nitrogens with one attached hydrogen (secondary N) is 1. The fourth-order valence-electron chi connectivity index (χ4n) is 6.99. The Morgan fingerprint density at radius 2 is 1.70 bits per heavy atom. The molecule has 2 fully saturated rings. The van der Waals surface area contributed by atoms with Crippen molar-refractivity contribution in [1.82, 2.24) is 24.6 Å². The highest BCUT2D eigenvalue weighted by Crippen LogP contribution is 2.51. The van der Waals surface area contributed by atoms with Crippen LogP contribution in [0.3, 0.4) is 0 Å². The van der Waals surface area contributed by atoms with Crippen molar-refractivity contribution in [3.8, 4) is 39.4 Å². The molecular weight excluding hydrogens is 727 g/mol. The van der Waals surface area contributed by atoms with Gasteiger partial charge >= 0.3 is 6.09 Å². The molecule has 1 aliphatic carbocycles. The van der Waals surface area contributed by atoms with Crippen LogP contribution in [-0.2, 0) is 21.5 Å². The molecule has 280 valence electrons. The van der Waals surface area contributed by atoms with Gasteiger partial charge in [-0.1, -0.05) is 65.7 Å². The van der Waals surface area contributed by atoms with Crippen LogP contribution in [0, 0.1) is 0 Å². The van der Waals surface area contributed by atoms with Crippen LogP contribution in [0.15, 0.2) is 77.9 Å². The molecule has 1 atom stereocenters. The van der Waals surface area contributed by atoms with Crippen molar-refractivity contribution in [1.29, 1.82) is 0 Å². The SMILES string of the molecule is COc1nc(-c2cccc(-c3cccc(-c4ccn5c(=O)c(CN(C[C@@H]6CCC(=O)N6)C(=O)OC(C)(C)C)cnc5c4)c3Cl)c2Cl)ccc1C1(CN)CC1. The number of carbonyl (C=O) groups excluding carboxylic acids is 2. The van der Waals surface area contributed by atoms with Crippen molar-refractivity contribution >= 4 is 40.8 Å². The second-order valence-corrected chi connectivity index (χ2v) is 15.7. The number of nitrogens with two attached hydrogens (primary N) is 1. The van der Waals surface area contributed by atoms with E-state index in [1.54, 1.807) is 46.2 Å². The zero-order valence-electron chi connectivity index (χ0n) is 30.6. The van der Waals surface area contributed by atoms with Crippen LogP contribution in [0.1, 0.15) is 57.6 Å². The summed E-state index contributed by atoms with van der Waals surface area (Å²) in [5.41, 5.74) is 11.0. The van der Waals surface area contributed by atoms with E-state index in [0.29, 0.717) is 52.2 Å². The number of halogens is 2. The summed E-state index contributed by atoms with van der Waals surface area (Å²) in [4.78, 5) is 49.7. The molecule has 2 aliphatic rings. The normalized spacial score (nSPS) is 16.3. The number of rotatable bonds is 10. The Morgan fingerprint density at radius 1 is 1.02 bits per heavy atom. The van der Waals surface area contributed by atoms with E-state index in [1.807, 2.05) is 48.5 Å². The monoisotopic (exact) mass is 768 g/mol. The van der Waals surface area contributed by atoms with Crippen LogP contribution in [0.2, 0.25) is 10.0 Å². The number of methoxy groups -OCH3 is 1. The molecular formula is C41H42Cl2N6O5. The van der Waals surface area contributed by atoms with Gasteiger partial charge in [-0.15, -0.1) is 0 Å². The summed E-state index contributed by atoms with van der Waals surface area (Å²) in [6.45, 7) is 6.04. The fourth-order valence-corrected chi connectivity index (χ4v) is 7.65. The van der Waals surface area contributed by atoms with E-state index in [2.05, 4.69) is 10.3 Å². The molecule has 4 heterocycles. The van der Waals surface area contributed by atoms with E-state index >= 15 is 0 Å². The third-order valence-corrected chi connectivity index (χ3v) is 10.9. The number of fused-ring (bicyclic) bond motifs is 1. The number of aromatic nitrogens is 3. The summed E-state index contributed by atoms with van der Waals surface area (Å²) < 4.78 is 12.8. The first kappa shape index (κ1) is 37.3. The lowest BCUT2D eigenvalue weighted by molar-refractivity contribution is -0.119. The van der Waals surface area contributed by atoms with Crippen LogP contribution in [-0.4, -0.2) is 63.1 Å². The van der Waals surface area contributed by atoms with Crippen LogP contribution in [0.5, 0.6) is 5.88 Å². The van der Waals surface area contributed by atoms with Gasteiger partial charge in [0.25, 0.3) is 5.56 Å². The summed E-state index contributed by atoms with van der Waals surface area (Å²) in [5.74, 6) is 0.483. The van der Waals surface area contributed by atoms with E-state index in [0.717, 1.165) is 46.2 Å². The lowest BCUT2D eigenvalue weighted by Gasteiger charge is -2.29. The molecule has 0 radical (unpaired) electrons. The van der Waals surface area contributed by atoms with Crippen LogP contribution in [0.4, 0.5) is 4.79 Å². The predicted octanol–water partition coefficient (Wildman–Crippen LogP) is 7.41. The first-order valence-corrected chi connectivity index (χ1v) is 18.7. The minimum atomic E-state index is -0.740. The standard InChI is InChI=1S/C41H42Cl2N6O5/c1-40(2,3)54-39(52)48(22-26-11-14-34(50)46-26)21-25-20-45-33-19-24(15-18-49(33)38(25)51)27-7-5-8-28(35(27)42)29-9-6-10-30(36(29)43)32-13-12-31(37(47-32)53-4)41(23-44)16-17-41/h5-10,12-13,15,18-20,26H,11,14,16-17,21-23,44H2,1-4H3,(H,46,50)/t26-/m0/s1. The molecule has 13 heteroatoms. The molecule has 5 aromatic rings. The zero-order chi connectivity index (χ0) is 38.4. The first-order valence-electron chi connectivity index (χ1n) is 17.9. The molecule has 1 saturated carbocycles. The number of benzene rings is 2. The van der Waals surface area contributed by atoms with E-state index in [4.69, 9.17) is 43.4 Å². The number of pyridine rings is 2. The molecule has 2 aromatic carbocycles. The zero-order valence-corrected chi connectivity index (χ0v) is 32.1. The molecule has 1 saturated heterocycles. The van der Waals surface area contributed by atoms with Crippen molar-refractivity contribution in [2.24, 2.45) is 5.73 Å². The maximum Gasteiger partial charge on any atom is 0.410 e. The molecule has 3 N–H and O–H groups in total. The number of hydrogen-bond acceptors (Lipinski definition) is 8. The van der Waals surface area contributed by atoms with E-state index in [-0.39, 0.29) is 36.0 Å². The molecule has 2 amide bonds. The average molecular weight is 770 g/mol. The maximum absolute atomic E-state index is 13.7. The molecule has 54 heavy (non-hydrogen) atoms. The lowest BCUT2D eigenvalue weighted by atomic mass is 9.95. The summed E-state index contributed by atoms with van der Waals surface area (Å²) in [6.07, 6.45) is 5.54. The predicted molar refractivity (Wildman–Crippen MR) is 210 cm³/mol. The van der Waals surface area contributed by atoms with Gasteiger partial charge in [0.05, 0.1) is 35.0 Å². The first-order chi connectivity index (χ1) is 25.8. The lowest BCUT2D eigenvalue weighted by Crippen LogP contribution is -2.44. The summed E-state index contributed by atoms with van der Waals surface area (Å²) in [5, 5.41) is 3.86. The molecule has 3 aromatic heterocycles. The Balaban J connectivity index is 1.18. The second-order valence-electron chi connectivity index (χ2n) is 15.0. The van der Waals surface area contributed by atoms with E-state index < -0.39 is 11.7 Å². The van der Waals surface area contributed by atoms with Gasteiger partial charge in [0.2, 0.25) is 11.8 Å². The van der Waals surface area contributed by atoms with Crippen LogP contribution < -0.4 is 21.3 Å². The Kier molecular flexibility index (Phi) is 10.2. The quantitative estimate of drug-likeness (QED) is 0.150. The van der Waals surface area contributed by atoms with Crippen molar-refractivity contribution in [2.45, 2.75) is 70.1 Å². The van der Waals surface area contributed by atoms with Crippen molar-refractivity contribution in [3.05, 3.63) is 105 Å². The number of nitrogens with zero attached hydrogens (tertiary/aromatic N) is 4. The Labute approximate surface area is 323 Å². The molecule has 0 unspecified atom stereocenters. The number of amides is 2. The number of ether oxygens (including phenoxy) is 2. The van der Waals surface area contributed by atoms with Gasteiger partial charge in [0.1, 0.15) is 11.2 Å². The third kappa shape index (κ3) is 7.40. The summed E-state index contributed by atoms with van der Waals surface area (Å²) in [7, 11) is 1.62. The van der Waals surface area contributed by atoms with Gasteiger partial charge in [-0.2, -0.15) is 0 Å². The van der Waals surface area contributed by atoms with Crippen LogP contribution >= 0.6 is 23.2 Å². The largest absolute Gasteiger partial charge is 0.481 e. The highest BCUT2D eigenvalue weighted by atomic mass is 35.5. The van der Waals surface area contributed by atoms with Gasteiger partial charge in [-0.3, -0.25) is 14.0 Å². The Morgan fingerprint density at radius 3 is 2.33 bits per heavy atom. The third-order valence-electron chi connectivity index (χ3n) is 10.1. The highest BCUT2D eigenvalue weighted by molar-refractivity contribution is 6.39. The van der Waals surface area contributed by atoms with Gasteiger partial charge < -0.3 is 25.4 Å². The van der Waals surface area contributed by atoms with Crippen molar-refractivity contribution < 1.29 is 19.1 Å². The Hall–Kier alpha value is -4.97. The molecule has 0 spiro atoms. The van der Waals surface area contributed by atoms with Gasteiger partial charge in [0, 0.05) is 71.2 Å². The average Bonchev–Trinajstić information content (AvgIpc) is 3.84. The van der Waals surface area contributed by atoms with Gasteiger partial charge in [-0.25, -0.2) is 14.8 Å². The number of carbonyl (C=O) groups is 2. The molecule has 1 aliphatic heterocycles. The topological polar surface area (TPSA) is 141 Å². The smallest absolute Gasteiger partial charge is 0.410 e. The highest BCUT2D eigenvalue weighted by Gasteiger charge is 2.45. The van der Waals surface area contributed by atoms with Gasteiger partial charge in [-0.05, 0) is 63.8 Å². The second kappa shape index (κ2) is 14.7. The van der Waals surface area contributed by atoms with Crippen molar-refractivity contribution in [2.75, 3.05) is 20.2 Å². The summed E-state index contributed by atoms with van der Waals surface area (Å²) >= 11 is 14.2. The number of hydrogen-bond donors (Lipinski definition) is 2. The van der Waals surface area contributed by atoms with Crippen LogP contribution in [0.25, 0.3) is 39.2 Å². The molecule has 0 bridgehead atoms. The maximum atomic E-state index is 13.7. The van der Waals surface area contributed by atoms with Crippen molar-refractivity contribution in [3.63, 3.8) is 0 Å². The Bertz CT molecular complexity index is 2330. The minimum Gasteiger partial charge on any atom is -0.481 e. The fraction of sp³-hybridized carbons (Fsp3) is 0.341. The molecule has 7 rings (SSSR count). The minimum absolute atomic E-state index is 0.0353.